The summed E-state index contributed by atoms with van der Waals surface area (Å²) in [6.45, 7) is 5.23. The van der Waals surface area contributed by atoms with Gasteiger partial charge in [0.1, 0.15) is 0 Å². The van der Waals surface area contributed by atoms with Crippen molar-refractivity contribution >= 4 is 0 Å². The highest BCUT2D eigenvalue weighted by Gasteiger charge is 2.59. The lowest BCUT2D eigenvalue weighted by Crippen LogP contribution is -2.56. The third kappa shape index (κ3) is 2.27. The van der Waals surface area contributed by atoms with E-state index in [-0.39, 0.29) is 5.79 Å². The van der Waals surface area contributed by atoms with Crippen LogP contribution in [-0.2, 0) is 9.47 Å². The van der Waals surface area contributed by atoms with Crippen LogP contribution < -0.4 is 0 Å². The summed E-state index contributed by atoms with van der Waals surface area (Å²) in [6, 6.07) is 0. The number of hydrogen-bond donors (Lipinski definition) is 0. The van der Waals surface area contributed by atoms with Gasteiger partial charge in [-0.25, -0.2) is 0 Å². The number of ether oxygens (including phenoxy) is 2. The fourth-order valence-corrected chi connectivity index (χ4v) is 7.64. The summed E-state index contributed by atoms with van der Waals surface area (Å²) in [5.41, 5.74) is 1.22. The van der Waals surface area contributed by atoms with Gasteiger partial charge in [0, 0.05) is 27.1 Å². The van der Waals surface area contributed by atoms with Crippen LogP contribution in [0.2, 0.25) is 0 Å². The molecule has 0 spiro atoms. The molecule has 0 bridgehead atoms. The van der Waals surface area contributed by atoms with Crippen LogP contribution in [0.5, 0.6) is 0 Å². The van der Waals surface area contributed by atoms with Gasteiger partial charge >= 0.3 is 0 Å². The molecule has 6 atom stereocenters. The van der Waals surface area contributed by atoms with E-state index in [1.807, 2.05) is 14.2 Å². The Balaban J connectivity index is 1.59. The van der Waals surface area contributed by atoms with Crippen LogP contribution in [0.1, 0.15) is 78.1 Å². The van der Waals surface area contributed by atoms with Crippen molar-refractivity contribution in [3.8, 4) is 0 Å². The topological polar surface area (TPSA) is 18.5 Å². The highest BCUT2D eigenvalue weighted by atomic mass is 16.7. The lowest BCUT2D eigenvalue weighted by atomic mass is 9.45. The molecule has 0 amide bonds. The molecule has 4 rings (SSSR count). The van der Waals surface area contributed by atoms with E-state index in [9.17, 15) is 0 Å². The van der Waals surface area contributed by atoms with Gasteiger partial charge in [0.05, 0.1) is 0 Å². The third-order valence-electron chi connectivity index (χ3n) is 9.19. The average Bonchev–Trinajstić information content (AvgIpc) is 2.96. The van der Waals surface area contributed by atoms with Crippen LogP contribution in [-0.4, -0.2) is 20.0 Å². The van der Waals surface area contributed by atoms with Crippen molar-refractivity contribution in [2.75, 3.05) is 14.2 Å². The SMILES string of the molecule is COC1(OC)CC[C@@]2(C)[C@@H](CC[C@@H]3[C@H]2CC[C@]2(C)CCC[C@@H]32)C1. The Bertz CT molecular complexity index is 457. The van der Waals surface area contributed by atoms with Crippen LogP contribution in [0.25, 0.3) is 0 Å². The summed E-state index contributed by atoms with van der Waals surface area (Å²) in [5, 5.41) is 0. The Morgan fingerprint density at radius 2 is 1.57 bits per heavy atom. The Morgan fingerprint density at radius 3 is 2.30 bits per heavy atom. The first-order valence-electron chi connectivity index (χ1n) is 10.1. The summed E-state index contributed by atoms with van der Waals surface area (Å²) < 4.78 is 11.6. The van der Waals surface area contributed by atoms with Crippen molar-refractivity contribution in [2.45, 2.75) is 83.8 Å². The molecule has 0 unspecified atom stereocenters. The van der Waals surface area contributed by atoms with Gasteiger partial charge in [-0.2, -0.15) is 0 Å². The van der Waals surface area contributed by atoms with Crippen LogP contribution >= 0.6 is 0 Å². The zero-order valence-electron chi connectivity index (χ0n) is 15.7. The maximum Gasteiger partial charge on any atom is 0.167 e. The van der Waals surface area contributed by atoms with Crippen molar-refractivity contribution in [3.05, 3.63) is 0 Å². The second kappa shape index (κ2) is 5.46. The number of rotatable bonds is 2. The minimum atomic E-state index is -0.298. The molecule has 0 aromatic heterocycles. The minimum Gasteiger partial charge on any atom is -0.353 e. The fourth-order valence-electron chi connectivity index (χ4n) is 7.64. The molecule has 0 radical (unpaired) electrons. The lowest BCUT2D eigenvalue weighted by Gasteiger charge is -2.61. The molecule has 2 nitrogen and oxygen atoms in total. The first kappa shape index (κ1) is 16.4. The molecule has 2 heteroatoms. The fraction of sp³-hybridized carbons (Fsp3) is 1.00. The van der Waals surface area contributed by atoms with Crippen LogP contribution in [0.15, 0.2) is 0 Å². The first-order valence-corrected chi connectivity index (χ1v) is 10.1. The third-order valence-corrected chi connectivity index (χ3v) is 9.19. The van der Waals surface area contributed by atoms with E-state index in [0.29, 0.717) is 10.8 Å². The Hall–Kier alpha value is -0.0800. The predicted octanol–water partition coefficient (Wildman–Crippen LogP) is 5.41. The highest BCUT2D eigenvalue weighted by Crippen LogP contribution is 2.67. The average molecular weight is 321 g/mol. The molecule has 4 fully saturated rings. The van der Waals surface area contributed by atoms with E-state index in [0.717, 1.165) is 36.5 Å². The molecule has 0 N–H and O–H groups in total. The molecule has 0 saturated heterocycles. The monoisotopic (exact) mass is 320 g/mol. The molecule has 0 aromatic rings. The van der Waals surface area contributed by atoms with Crippen molar-refractivity contribution in [1.29, 1.82) is 0 Å². The van der Waals surface area contributed by atoms with Gasteiger partial charge in [0.25, 0.3) is 0 Å². The van der Waals surface area contributed by atoms with Crippen LogP contribution in [0, 0.1) is 34.5 Å². The van der Waals surface area contributed by atoms with Gasteiger partial charge in [-0.1, -0.05) is 20.3 Å². The second-order valence-corrected chi connectivity index (χ2v) is 9.76. The summed E-state index contributed by atoms with van der Waals surface area (Å²) >= 11 is 0. The molecule has 4 saturated carbocycles. The molecule has 132 valence electrons. The molecular formula is C21H36O2. The first-order chi connectivity index (χ1) is 11.0. The van der Waals surface area contributed by atoms with E-state index in [2.05, 4.69) is 13.8 Å². The standard InChI is InChI=1S/C21H36O2/c1-19-10-5-6-17(19)16-8-7-15-14-21(22-3,23-4)13-12-20(15,2)18(16)9-11-19/h15-18H,5-14H2,1-4H3/t15-,16-,17-,18+,19-,20-/m0/s1. The van der Waals surface area contributed by atoms with Gasteiger partial charge in [0.2, 0.25) is 0 Å². The molecule has 0 aromatic carbocycles. The van der Waals surface area contributed by atoms with Gasteiger partial charge in [0.15, 0.2) is 5.79 Å². The maximum absolute atomic E-state index is 5.82. The largest absolute Gasteiger partial charge is 0.353 e. The number of fused-ring (bicyclic) bond motifs is 5. The van der Waals surface area contributed by atoms with Crippen LogP contribution in [0.4, 0.5) is 0 Å². The van der Waals surface area contributed by atoms with Crippen molar-refractivity contribution in [1.82, 2.24) is 0 Å². The Morgan fingerprint density at radius 1 is 0.783 bits per heavy atom. The van der Waals surface area contributed by atoms with Gasteiger partial charge in [-0.3, -0.25) is 0 Å². The van der Waals surface area contributed by atoms with Gasteiger partial charge < -0.3 is 9.47 Å². The van der Waals surface area contributed by atoms with Gasteiger partial charge in [-0.05, 0) is 79.4 Å². The molecular weight excluding hydrogens is 284 g/mol. The maximum atomic E-state index is 5.82. The summed E-state index contributed by atoms with van der Waals surface area (Å²) in [7, 11) is 3.67. The molecule has 23 heavy (non-hydrogen) atoms. The smallest absolute Gasteiger partial charge is 0.167 e. The number of methoxy groups -OCH3 is 2. The van der Waals surface area contributed by atoms with E-state index >= 15 is 0 Å². The van der Waals surface area contributed by atoms with E-state index in [1.165, 1.54) is 51.4 Å². The molecule has 0 aliphatic heterocycles. The molecule has 4 aliphatic carbocycles. The second-order valence-electron chi connectivity index (χ2n) is 9.76. The Kier molecular flexibility index (Phi) is 3.89. The zero-order valence-corrected chi connectivity index (χ0v) is 15.7. The molecule has 0 heterocycles. The van der Waals surface area contributed by atoms with E-state index in [4.69, 9.17) is 9.47 Å². The van der Waals surface area contributed by atoms with Crippen molar-refractivity contribution in [3.63, 3.8) is 0 Å². The normalized spacial score (nSPS) is 51.7. The van der Waals surface area contributed by atoms with E-state index in [1.54, 1.807) is 0 Å². The van der Waals surface area contributed by atoms with Gasteiger partial charge in [-0.15, -0.1) is 0 Å². The number of hydrogen-bond acceptors (Lipinski definition) is 2. The summed E-state index contributed by atoms with van der Waals surface area (Å²) in [4.78, 5) is 0. The van der Waals surface area contributed by atoms with E-state index < -0.39 is 0 Å². The predicted molar refractivity (Wildman–Crippen MR) is 93.1 cm³/mol. The highest BCUT2D eigenvalue weighted by molar-refractivity contribution is 5.08. The van der Waals surface area contributed by atoms with Crippen molar-refractivity contribution in [2.24, 2.45) is 34.5 Å². The quantitative estimate of drug-likeness (QED) is 0.633. The lowest BCUT2D eigenvalue weighted by molar-refractivity contribution is -0.261. The minimum absolute atomic E-state index is 0.298. The summed E-state index contributed by atoms with van der Waals surface area (Å²) in [5.74, 6) is 3.49. The summed E-state index contributed by atoms with van der Waals surface area (Å²) in [6.07, 6.45) is 13.8. The zero-order chi connectivity index (χ0) is 16.3. The molecule has 4 aliphatic rings. The Labute approximate surface area is 142 Å². The van der Waals surface area contributed by atoms with Crippen LogP contribution in [0.3, 0.4) is 0 Å². The van der Waals surface area contributed by atoms with Crippen molar-refractivity contribution < 1.29 is 9.47 Å².